The van der Waals surface area contributed by atoms with Crippen molar-refractivity contribution in [3.8, 4) is 0 Å². The first-order valence-corrected chi connectivity index (χ1v) is 8.83. The van der Waals surface area contributed by atoms with Crippen LogP contribution in [0.1, 0.15) is 90.9 Å². The van der Waals surface area contributed by atoms with Crippen molar-refractivity contribution in [3.63, 3.8) is 0 Å². The molecule has 2 saturated carbocycles. The lowest BCUT2D eigenvalue weighted by Crippen LogP contribution is -2.26. The second-order valence-corrected chi connectivity index (χ2v) is 7.15. The standard InChI is InChI=1S/C18H34/c1-3-6-15-10-12-17(13-11-15)18-9-5-8-16(14-18)7-4-2/h15-18H,3-14H2,1-2H3. The van der Waals surface area contributed by atoms with Gasteiger partial charge in [0.2, 0.25) is 0 Å². The fraction of sp³-hybridized carbons (Fsp3) is 1.00. The Balaban J connectivity index is 1.75. The van der Waals surface area contributed by atoms with E-state index >= 15 is 0 Å². The van der Waals surface area contributed by atoms with Gasteiger partial charge in [-0.05, 0) is 42.9 Å². The third-order valence-corrected chi connectivity index (χ3v) is 5.78. The fourth-order valence-corrected chi connectivity index (χ4v) is 4.79. The molecule has 0 aromatic heterocycles. The van der Waals surface area contributed by atoms with Crippen LogP contribution in [0.25, 0.3) is 0 Å². The molecule has 2 aliphatic carbocycles. The summed E-state index contributed by atoms with van der Waals surface area (Å²) in [6.07, 6.45) is 18.2. The highest BCUT2D eigenvalue weighted by atomic mass is 14.4. The highest BCUT2D eigenvalue weighted by Gasteiger charge is 2.30. The normalized spacial score (nSPS) is 37.7. The van der Waals surface area contributed by atoms with Crippen molar-refractivity contribution >= 4 is 0 Å². The smallest absolute Gasteiger partial charge is 0.0383 e. The van der Waals surface area contributed by atoms with E-state index < -0.39 is 0 Å². The van der Waals surface area contributed by atoms with Gasteiger partial charge in [0.15, 0.2) is 0 Å². The minimum Gasteiger partial charge on any atom is -0.0654 e. The molecule has 0 aliphatic heterocycles. The van der Waals surface area contributed by atoms with Gasteiger partial charge >= 0.3 is 0 Å². The molecule has 18 heavy (non-hydrogen) atoms. The van der Waals surface area contributed by atoms with Gasteiger partial charge < -0.3 is 0 Å². The predicted molar refractivity (Wildman–Crippen MR) is 80.7 cm³/mol. The van der Waals surface area contributed by atoms with Crippen LogP contribution in [0.4, 0.5) is 0 Å². The Hall–Kier alpha value is 0. The van der Waals surface area contributed by atoms with Gasteiger partial charge in [0.25, 0.3) is 0 Å². The number of hydrogen-bond donors (Lipinski definition) is 0. The van der Waals surface area contributed by atoms with Gasteiger partial charge in [-0.3, -0.25) is 0 Å². The summed E-state index contributed by atoms with van der Waals surface area (Å²) in [5, 5.41) is 0. The maximum absolute atomic E-state index is 2.36. The van der Waals surface area contributed by atoms with Crippen molar-refractivity contribution in [3.05, 3.63) is 0 Å². The second-order valence-electron chi connectivity index (χ2n) is 7.15. The third-order valence-electron chi connectivity index (χ3n) is 5.78. The first-order chi connectivity index (χ1) is 8.83. The largest absolute Gasteiger partial charge is 0.0654 e. The van der Waals surface area contributed by atoms with E-state index in [0.29, 0.717) is 0 Å². The van der Waals surface area contributed by atoms with Crippen LogP contribution < -0.4 is 0 Å². The summed E-state index contributed by atoms with van der Waals surface area (Å²) in [6, 6.07) is 0. The maximum Gasteiger partial charge on any atom is -0.0383 e. The van der Waals surface area contributed by atoms with Crippen molar-refractivity contribution in [2.45, 2.75) is 90.9 Å². The highest BCUT2D eigenvalue weighted by Crippen LogP contribution is 2.43. The molecule has 0 heteroatoms. The summed E-state index contributed by atoms with van der Waals surface area (Å²) >= 11 is 0. The molecular weight excluding hydrogens is 216 g/mol. The zero-order chi connectivity index (χ0) is 12.8. The van der Waals surface area contributed by atoms with Crippen molar-refractivity contribution in [2.24, 2.45) is 23.7 Å². The molecule has 0 bridgehead atoms. The topological polar surface area (TPSA) is 0 Å². The van der Waals surface area contributed by atoms with Gasteiger partial charge in [0, 0.05) is 0 Å². The molecular formula is C18H34. The molecule has 2 atom stereocenters. The zero-order valence-corrected chi connectivity index (χ0v) is 12.8. The van der Waals surface area contributed by atoms with Gasteiger partial charge in [0.05, 0.1) is 0 Å². The van der Waals surface area contributed by atoms with Gasteiger partial charge in [-0.2, -0.15) is 0 Å². The molecule has 0 N–H and O–H groups in total. The molecule has 2 fully saturated rings. The quantitative estimate of drug-likeness (QED) is 0.545. The minimum atomic E-state index is 1.08. The molecule has 0 amide bonds. The maximum atomic E-state index is 2.36. The molecule has 0 saturated heterocycles. The molecule has 0 spiro atoms. The summed E-state index contributed by atoms with van der Waals surface area (Å²) in [6.45, 7) is 4.71. The second kappa shape index (κ2) is 7.56. The molecule has 0 aromatic rings. The zero-order valence-electron chi connectivity index (χ0n) is 12.8. The Kier molecular flexibility index (Phi) is 6.05. The molecule has 0 aromatic carbocycles. The van der Waals surface area contributed by atoms with Crippen molar-refractivity contribution in [2.75, 3.05) is 0 Å². The Morgan fingerprint density at radius 1 is 0.667 bits per heavy atom. The predicted octanol–water partition coefficient (Wildman–Crippen LogP) is 6.20. The lowest BCUT2D eigenvalue weighted by molar-refractivity contribution is 0.133. The van der Waals surface area contributed by atoms with Crippen LogP contribution in [0.2, 0.25) is 0 Å². The summed E-state index contributed by atoms with van der Waals surface area (Å²) in [5.74, 6) is 4.39. The summed E-state index contributed by atoms with van der Waals surface area (Å²) in [4.78, 5) is 0. The van der Waals surface area contributed by atoms with Crippen LogP contribution >= 0.6 is 0 Å². The Bertz CT molecular complexity index is 210. The monoisotopic (exact) mass is 250 g/mol. The van der Waals surface area contributed by atoms with Crippen LogP contribution in [0.15, 0.2) is 0 Å². The first kappa shape index (κ1) is 14.4. The van der Waals surface area contributed by atoms with Gasteiger partial charge in [-0.1, -0.05) is 71.6 Å². The van der Waals surface area contributed by atoms with Gasteiger partial charge in [0.1, 0.15) is 0 Å². The molecule has 2 rings (SSSR count). The van der Waals surface area contributed by atoms with Crippen LogP contribution in [0, 0.1) is 23.7 Å². The first-order valence-electron chi connectivity index (χ1n) is 8.83. The Labute approximate surface area is 115 Å². The SMILES string of the molecule is CCCC1CCC(C2CCCC(CCC)C2)CC1. The van der Waals surface area contributed by atoms with E-state index in [0.717, 1.165) is 23.7 Å². The summed E-state index contributed by atoms with van der Waals surface area (Å²) in [7, 11) is 0. The average molecular weight is 250 g/mol. The number of rotatable bonds is 5. The molecule has 0 radical (unpaired) electrons. The van der Waals surface area contributed by atoms with Crippen LogP contribution in [0.5, 0.6) is 0 Å². The lowest BCUT2D eigenvalue weighted by Gasteiger charge is -2.38. The minimum absolute atomic E-state index is 1.08. The van der Waals surface area contributed by atoms with Crippen LogP contribution in [-0.4, -0.2) is 0 Å². The molecule has 106 valence electrons. The summed E-state index contributed by atoms with van der Waals surface area (Å²) in [5.41, 5.74) is 0. The van der Waals surface area contributed by atoms with Crippen molar-refractivity contribution in [1.29, 1.82) is 0 Å². The highest BCUT2D eigenvalue weighted by molar-refractivity contribution is 4.82. The van der Waals surface area contributed by atoms with E-state index in [1.807, 2.05) is 0 Å². The van der Waals surface area contributed by atoms with Gasteiger partial charge in [-0.15, -0.1) is 0 Å². The Morgan fingerprint density at radius 3 is 2.00 bits per heavy atom. The van der Waals surface area contributed by atoms with E-state index in [2.05, 4.69) is 13.8 Å². The van der Waals surface area contributed by atoms with Crippen molar-refractivity contribution < 1.29 is 0 Å². The van der Waals surface area contributed by atoms with E-state index in [-0.39, 0.29) is 0 Å². The van der Waals surface area contributed by atoms with Crippen molar-refractivity contribution in [1.82, 2.24) is 0 Å². The average Bonchev–Trinajstić information content (AvgIpc) is 2.41. The molecule has 2 aliphatic rings. The summed E-state index contributed by atoms with van der Waals surface area (Å²) < 4.78 is 0. The molecule has 0 heterocycles. The number of hydrogen-bond acceptors (Lipinski definition) is 0. The van der Waals surface area contributed by atoms with E-state index in [9.17, 15) is 0 Å². The Morgan fingerprint density at radius 2 is 1.33 bits per heavy atom. The van der Waals surface area contributed by atoms with E-state index in [1.54, 1.807) is 38.5 Å². The van der Waals surface area contributed by atoms with Crippen LogP contribution in [0.3, 0.4) is 0 Å². The third kappa shape index (κ3) is 4.00. The van der Waals surface area contributed by atoms with Crippen LogP contribution in [-0.2, 0) is 0 Å². The fourth-order valence-electron chi connectivity index (χ4n) is 4.79. The lowest BCUT2D eigenvalue weighted by atomic mass is 9.67. The van der Waals surface area contributed by atoms with E-state index in [4.69, 9.17) is 0 Å². The van der Waals surface area contributed by atoms with Gasteiger partial charge in [-0.25, -0.2) is 0 Å². The molecule has 2 unspecified atom stereocenters. The molecule has 0 nitrogen and oxygen atoms in total. The van der Waals surface area contributed by atoms with E-state index in [1.165, 1.54) is 38.5 Å².